The highest BCUT2D eigenvalue weighted by atomic mass is 79.9. The summed E-state index contributed by atoms with van der Waals surface area (Å²) >= 11 is 3.32. The van der Waals surface area contributed by atoms with Crippen LogP contribution in [0.3, 0.4) is 0 Å². The quantitative estimate of drug-likeness (QED) is 0.490. The third kappa shape index (κ3) is 2.19. The number of hydrogen-bond donors (Lipinski definition) is 1. The normalized spacial score (nSPS) is 19.3. The SMILES string of the molecule is OC/C(=C\CBr)[C@@H]1C=c2ccccc2=[O+]1. The molecule has 1 aliphatic heterocycles. The Morgan fingerprint density at radius 2 is 2.27 bits per heavy atom. The number of aliphatic hydroxyl groups is 1. The van der Waals surface area contributed by atoms with Gasteiger partial charge in [-0.05, 0) is 6.07 Å². The Balaban J connectivity index is 2.38. The highest BCUT2D eigenvalue weighted by Crippen LogP contribution is 2.09. The summed E-state index contributed by atoms with van der Waals surface area (Å²) in [5.74, 6) is 0. The molecule has 0 aliphatic carbocycles. The van der Waals surface area contributed by atoms with Crippen LogP contribution >= 0.6 is 15.9 Å². The third-order valence-electron chi connectivity index (χ3n) is 2.39. The van der Waals surface area contributed by atoms with Crippen LogP contribution in [0.25, 0.3) is 6.08 Å². The number of para-hydroxylation sites is 1. The van der Waals surface area contributed by atoms with E-state index in [0.717, 1.165) is 21.6 Å². The molecule has 1 aromatic carbocycles. The molecule has 0 fully saturated rings. The summed E-state index contributed by atoms with van der Waals surface area (Å²) in [7, 11) is 0. The van der Waals surface area contributed by atoms with Gasteiger partial charge in [0.2, 0.25) is 0 Å². The molecule has 0 unspecified atom stereocenters. The molecular weight excluding hydrogens is 256 g/mol. The van der Waals surface area contributed by atoms with Gasteiger partial charge in [0.05, 0.1) is 17.4 Å². The monoisotopic (exact) mass is 267 g/mol. The minimum Gasteiger partial charge on any atom is -0.392 e. The Labute approximate surface area is 96.4 Å². The molecule has 1 aliphatic rings. The fraction of sp³-hybridized carbons (Fsp3) is 0.250. The number of alkyl halides is 1. The van der Waals surface area contributed by atoms with Crippen LogP contribution in [0.5, 0.6) is 0 Å². The maximum Gasteiger partial charge on any atom is 0.352 e. The molecule has 0 aromatic heterocycles. The lowest BCUT2D eigenvalue weighted by molar-refractivity contribution is 0.328. The van der Waals surface area contributed by atoms with Gasteiger partial charge < -0.3 is 5.11 Å². The predicted molar refractivity (Wildman–Crippen MR) is 65.1 cm³/mol. The summed E-state index contributed by atoms with van der Waals surface area (Å²) < 4.78 is 5.71. The zero-order chi connectivity index (χ0) is 10.7. The standard InChI is InChI=1S/C12H12BrO2/c13-6-5-10(8-14)12-7-9-3-1-2-4-11(9)15-12/h1-5,7,12,14H,6,8H2/q+1/b10-5+/t12-/m0/s1. The summed E-state index contributed by atoms with van der Waals surface area (Å²) in [6.45, 7) is 0.0285. The van der Waals surface area contributed by atoms with Crippen LogP contribution in [-0.4, -0.2) is 23.1 Å². The van der Waals surface area contributed by atoms with Gasteiger partial charge in [0.25, 0.3) is 0 Å². The zero-order valence-electron chi connectivity index (χ0n) is 8.19. The van der Waals surface area contributed by atoms with Gasteiger partial charge in [0, 0.05) is 17.5 Å². The molecule has 0 amide bonds. The van der Waals surface area contributed by atoms with Crippen molar-refractivity contribution < 1.29 is 5.11 Å². The topological polar surface area (TPSA) is 31.5 Å². The number of fused-ring (bicyclic) bond motifs is 1. The second-order valence-corrected chi connectivity index (χ2v) is 3.98. The fourth-order valence-corrected chi connectivity index (χ4v) is 2.03. The smallest absolute Gasteiger partial charge is 0.352 e. The molecule has 1 aromatic rings. The van der Waals surface area contributed by atoms with Gasteiger partial charge in [-0.25, -0.2) is 4.42 Å². The van der Waals surface area contributed by atoms with Crippen LogP contribution in [0.15, 0.2) is 40.3 Å². The van der Waals surface area contributed by atoms with E-state index < -0.39 is 0 Å². The zero-order valence-corrected chi connectivity index (χ0v) is 9.78. The molecule has 78 valence electrons. The van der Waals surface area contributed by atoms with Crippen molar-refractivity contribution in [2.24, 2.45) is 0 Å². The molecule has 1 heterocycles. The summed E-state index contributed by atoms with van der Waals surface area (Å²) in [4.78, 5) is 0. The van der Waals surface area contributed by atoms with Crippen LogP contribution < -0.4 is 10.6 Å². The van der Waals surface area contributed by atoms with Gasteiger partial charge in [-0.1, -0.05) is 34.1 Å². The lowest BCUT2D eigenvalue weighted by Crippen LogP contribution is -2.19. The van der Waals surface area contributed by atoms with Crippen molar-refractivity contribution in [1.29, 1.82) is 0 Å². The second kappa shape index (κ2) is 4.73. The maximum absolute atomic E-state index is 9.21. The number of benzene rings is 1. The molecule has 2 rings (SSSR count). The van der Waals surface area contributed by atoms with E-state index in [9.17, 15) is 5.11 Å². The van der Waals surface area contributed by atoms with Crippen LogP contribution in [0.1, 0.15) is 0 Å². The first-order chi connectivity index (χ1) is 7.35. The summed E-state index contributed by atoms with van der Waals surface area (Å²) in [6.07, 6.45) is 3.84. The Morgan fingerprint density at radius 3 is 2.93 bits per heavy atom. The van der Waals surface area contributed by atoms with E-state index in [1.807, 2.05) is 36.4 Å². The minimum absolute atomic E-state index is 0.0285. The first kappa shape index (κ1) is 10.6. The van der Waals surface area contributed by atoms with E-state index in [4.69, 9.17) is 4.42 Å². The van der Waals surface area contributed by atoms with E-state index >= 15 is 0 Å². The molecule has 15 heavy (non-hydrogen) atoms. The Hall–Kier alpha value is -0.930. The van der Waals surface area contributed by atoms with Crippen molar-refractivity contribution in [1.82, 2.24) is 0 Å². The molecule has 2 nitrogen and oxygen atoms in total. The van der Waals surface area contributed by atoms with Gasteiger partial charge in [0.1, 0.15) is 0 Å². The fourth-order valence-electron chi connectivity index (χ4n) is 1.61. The van der Waals surface area contributed by atoms with E-state index in [-0.39, 0.29) is 12.7 Å². The lowest BCUT2D eigenvalue weighted by atomic mass is 10.1. The van der Waals surface area contributed by atoms with Gasteiger partial charge in [-0.3, -0.25) is 0 Å². The molecule has 0 bridgehead atoms. The number of hydrogen-bond acceptors (Lipinski definition) is 1. The molecule has 0 spiro atoms. The van der Waals surface area contributed by atoms with Crippen molar-refractivity contribution in [3.05, 3.63) is 51.0 Å². The van der Waals surface area contributed by atoms with Crippen LogP contribution in [0.4, 0.5) is 0 Å². The summed E-state index contributed by atoms with van der Waals surface area (Å²) in [5.41, 5.74) is 1.78. The third-order valence-corrected chi connectivity index (χ3v) is 2.71. The number of allylic oxidation sites excluding steroid dienone is 1. The molecular formula is C12H12BrO2+. The van der Waals surface area contributed by atoms with E-state index in [1.54, 1.807) is 0 Å². The Kier molecular flexibility index (Phi) is 3.34. The first-order valence-corrected chi connectivity index (χ1v) is 5.93. The lowest BCUT2D eigenvalue weighted by Gasteiger charge is -1.97. The number of aliphatic hydroxyl groups excluding tert-OH is 1. The van der Waals surface area contributed by atoms with Crippen molar-refractivity contribution in [2.75, 3.05) is 11.9 Å². The molecule has 1 atom stereocenters. The van der Waals surface area contributed by atoms with Crippen LogP contribution in [-0.2, 0) is 0 Å². The number of halogens is 1. The van der Waals surface area contributed by atoms with Crippen molar-refractivity contribution in [2.45, 2.75) is 6.10 Å². The van der Waals surface area contributed by atoms with Crippen LogP contribution in [0.2, 0.25) is 0 Å². The Morgan fingerprint density at radius 1 is 1.47 bits per heavy atom. The predicted octanol–water partition coefficient (Wildman–Crippen LogP) is 0.778. The average molecular weight is 268 g/mol. The second-order valence-electron chi connectivity index (χ2n) is 3.33. The molecule has 1 N–H and O–H groups in total. The van der Waals surface area contributed by atoms with E-state index in [1.165, 1.54) is 0 Å². The van der Waals surface area contributed by atoms with E-state index in [2.05, 4.69) is 15.9 Å². The van der Waals surface area contributed by atoms with E-state index in [0.29, 0.717) is 0 Å². The number of rotatable bonds is 3. The van der Waals surface area contributed by atoms with Gasteiger partial charge in [0.15, 0.2) is 0 Å². The van der Waals surface area contributed by atoms with Gasteiger partial charge in [-0.15, -0.1) is 0 Å². The van der Waals surface area contributed by atoms with Gasteiger partial charge in [-0.2, -0.15) is 0 Å². The van der Waals surface area contributed by atoms with Crippen LogP contribution in [0, 0.1) is 0 Å². The summed E-state index contributed by atoms with van der Waals surface area (Å²) in [6, 6.07) is 7.88. The summed E-state index contributed by atoms with van der Waals surface area (Å²) in [5, 5.41) is 11.0. The first-order valence-electron chi connectivity index (χ1n) is 4.81. The molecule has 0 radical (unpaired) electrons. The Bertz CT molecular complexity index is 456. The highest BCUT2D eigenvalue weighted by molar-refractivity contribution is 9.09. The molecule has 3 heteroatoms. The molecule has 0 saturated carbocycles. The molecule has 0 saturated heterocycles. The minimum atomic E-state index is -0.120. The average Bonchev–Trinajstić information content (AvgIpc) is 2.69. The highest BCUT2D eigenvalue weighted by Gasteiger charge is 2.24. The largest absolute Gasteiger partial charge is 0.392 e. The van der Waals surface area contributed by atoms with Gasteiger partial charge >= 0.3 is 11.5 Å². The van der Waals surface area contributed by atoms with Crippen molar-refractivity contribution in [3.8, 4) is 0 Å². The maximum atomic E-state index is 9.21. The van der Waals surface area contributed by atoms with Crippen molar-refractivity contribution in [3.63, 3.8) is 0 Å². The van der Waals surface area contributed by atoms with Crippen molar-refractivity contribution >= 4 is 22.0 Å².